The number of hydrogen-bond acceptors (Lipinski definition) is 2. The van der Waals surface area contributed by atoms with Crippen molar-refractivity contribution < 1.29 is 0 Å². The number of benzene rings is 1. The van der Waals surface area contributed by atoms with Crippen LogP contribution in [0.3, 0.4) is 0 Å². The molecule has 2 heterocycles. The fourth-order valence-corrected chi connectivity index (χ4v) is 2.92. The zero-order valence-corrected chi connectivity index (χ0v) is 13.7. The molecule has 0 aliphatic carbocycles. The first-order valence-electron chi connectivity index (χ1n) is 5.84. The van der Waals surface area contributed by atoms with Crippen LogP contribution in [0.4, 0.5) is 0 Å². The molecule has 0 spiro atoms. The lowest BCUT2D eigenvalue weighted by Gasteiger charge is -1.99. The molecule has 3 rings (SSSR count). The van der Waals surface area contributed by atoms with Crippen molar-refractivity contribution in [3.63, 3.8) is 0 Å². The van der Waals surface area contributed by atoms with E-state index in [1.165, 1.54) is 0 Å². The highest BCUT2D eigenvalue weighted by molar-refractivity contribution is 9.11. The molecular formula is C14H11Br2N3. The molecule has 5 heteroatoms. The van der Waals surface area contributed by atoms with Crippen molar-refractivity contribution in [1.82, 2.24) is 14.6 Å². The molecule has 0 atom stereocenters. The maximum Gasteiger partial charge on any atom is 0.170 e. The van der Waals surface area contributed by atoms with Gasteiger partial charge in [-0.05, 0) is 48.0 Å². The van der Waals surface area contributed by atoms with Crippen LogP contribution in [0, 0.1) is 13.8 Å². The average molecular weight is 381 g/mol. The summed E-state index contributed by atoms with van der Waals surface area (Å²) >= 11 is 7.06. The van der Waals surface area contributed by atoms with Crippen molar-refractivity contribution in [2.24, 2.45) is 0 Å². The van der Waals surface area contributed by atoms with Gasteiger partial charge in [0.05, 0.1) is 4.47 Å². The van der Waals surface area contributed by atoms with E-state index in [-0.39, 0.29) is 0 Å². The molecule has 0 fully saturated rings. The van der Waals surface area contributed by atoms with E-state index in [0.29, 0.717) is 0 Å². The van der Waals surface area contributed by atoms with Crippen molar-refractivity contribution in [1.29, 1.82) is 0 Å². The smallest absolute Gasteiger partial charge is 0.170 e. The third-order valence-electron chi connectivity index (χ3n) is 2.96. The zero-order chi connectivity index (χ0) is 13.6. The molecular weight excluding hydrogens is 370 g/mol. The highest BCUT2D eigenvalue weighted by Gasteiger charge is 2.14. The summed E-state index contributed by atoms with van der Waals surface area (Å²) in [6.07, 6.45) is 0. The number of aromatic nitrogens is 3. The summed E-state index contributed by atoms with van der Waals surface area (Å²) in [7, 11) is 0. The SMILES string of the molecule is Cc1cc(C)n2nc(-c3ccc(Br)cc3)c(Br)c2n1. The Morgan fingerprint density at radius 1 is 1.05 bits per heavy atom. The Balaban J connectivity index is 2.28. The minimum atomic E-state index is 0.857. The van der Waals surface area contributed by atoms with Gasteiger partial charge in [0.15, 0.2) is 5.65 Å². The monoisotopic (exact) mass is 379 g/mol. The molecule has 0 N–H and O–H groups in total. The van der Waals surface area contributed by atoms with Crippen LogP contribution in [0.15, 0.2) is 39.3 Å². The Hall–Kier alpha value is -1.20. The predicted octanol–water partition coefficient (Wildman–Crippen LogP) is 4.54. The van der Waals surface area contributed by atoms with Gasteiger partial charge in [0, 0.05) is 21.4 Å². The normalized spacial score (nSPS) is 11.2. The maximum absolute atomic E-state index is 4.64. The Morgan fingerprint density at radius 2 is 1.74 bits per heavy atom. The van der Waals surface area contributed by atoms with Crippen molar-refractivity contribution in [3.8, 4) is 11.3 Å². The van der Waals surface area contributed by atoms with Gasteiger partial charge in [-0.1, -0.05) is 28.1 Å². The van der Waals surface area contributed by atoms with Crippen molar-refractivity contribution in [2.75, 3.05) is 0 Å². The van der Waals surface area contributed by atoms with Crippen LogP contribution in [0.2, 0.25) is 0 Å². The molecule has 2 aromatic heterocycles. The standard InChI is InChI=1S/C14H11Br2N3/c1-8-7-9(2)19-14(17-8)12(16)13(18-19)10-3-5-11(15)6-4-10/h3-7H,1-2H3. The van der Waals surface area contributed by atoms with Gasteiger partial charge in [-0.3, -0.25) is 0 Å². The van der Waals surface area contributed by atoms with Gasteiger partial charge >= 0.3 is 0 Å². The second-order valence-electron chi connectivity index (χ2n) is 4.44. The van der Waals surface area contributed by atoms with E-state index in [9.17, 15) is 0 Å². The van der Waals surface area contributed by atoms with Gasteiger partial charge < -0.3 is 0 Å². The Labute approximate surface area is 127 Å². The number of aryl methyl sites for hydroxylation is 2. The van der Waals surface area contributed by atoms with E-state index in [1.54, 1.807) is 0 Å². The first-order chi connectivity index (χ1) is 9.06. The quantitative estimate of drug-likeness (QED) is 0.620. The number of fused-ring (bicyclic) bond motifs is 1. The summed E-state index contributed by atoms with van der Waals surface area (Å²) in [6, 6.07) is 10.1. The average Bonchev–Trinajstić information content (AvgIpc) is 2.69. The Morgan fingerprint density at radius 3 is 2.42 bits per heavy atom. The molecule has 0 saturated carbocycles. The van der Waals surface area contributed by atoms with E-state index >= 15 is 0 Å². The minimum Gasteiger partial charge on any atom is -0.233 e. The highest BCUT2D eigenvalue weighted by Crippen LogP contribution is 2.31. The van der Waals surface area contributed by atoms with Gasteiger partial charge in [0.2, 0.25) is 0 Å². The van der Waals surface area contributed by atoms with Crippen LogP contribution in [-0.2, 0) is 0 Å². The second kappa shape index (κ2) is 4.72. The predicted molar refractivity (Wildman–Crippen MR) is 83.3 cm³/mol. The molecule has 3 nitrogen and oxygen atoms in total. The van der Waals surface area contributed by atoms with Crippen LogP contribution in [0.5, 0.6) is 0 Å². The maximum atomic E-state index is 4.64. The first kappa shape index (κ1) is 12.8. The molecule has 0 unspecified atom stereocenters. The Kier molecular flexibility index (Phi) is 3.19. The fraction of sp³-hybridized carbons (Fsp3) is 0.143. The minimum absolute atomic E-state index is 0.857. The summed E-state index contributed by atoms with van der Waals surface area (Å²) in [4.78, 5) is 4.54. The van der Waals surface area contributed by atoms with Gasteiger partial charge in [-0.2, -0.15) is 5.10 Å². The lowest BCUT2D eigenvalue weighted by molar-refractivity contribution is 0.889. The fourth-order valence-electron chi connectivity index (χ4n) is 2.09. The molecule has 19 heavy (non-hydrogen) atoms. The molecule has 0 aliphatic rings. The largest absolute Gasteiger partial charge is 0.233 e. The molecule has 0 radical (unpaired) electrons. The molecule has 0 saturated heterocycles. The molecule has 0 aliphatic heterocycles. The van der Waals surface area contributed by atoms with Crippen molar-refractivity contribution in [3.05, 3.63) is 50.7 Å². The van der Waals surface area contributed by atoms with Crippen molar-refractivity contribution >= 4 is 37.5 Å². The molecule has 0 amide bonds. The Bertz CT molecular complexity index is 760. The van der Waals surface area contributed by atoms with Crippen LogP contribution >= 0.6 is 31.9 Å². The number of hydrogen-bond donors (Lipinski definition) is 0. The molecule has 96 valence electrons. The number of nitrogens with zero attached hydrogens (tertiary/aromatic N) is 3. The zero-order valence-electron chi connectivity index (χ0n) is 10.5. The van der Waals surface area contributed by atoms with Crippen LogP contribution in [-0.4, -0.2) is 14.6 Å². The van der Waals surface area contributed by atoms with Gasteiger partial charge in [-0.25, -0.2) is 9.50 Å². The lowest BCUT2D eigenvalue weighted by atomic mass is 10.2. The second-order valence-corrected chi connectivity index (χ2v) is 6.15. The first-order valence-corrected chi connectivity index (χ1v) is 7.43. The van der Waals surface area contributed by atoms with Crippen molar-refractivity contribution in [2.45, 2.75) is 13.8 Å². The molecule has 0 bridgehead atoms. The highest BCUT2D eigenvalue weighted by atomic mass is 79.9. The number of halogens is 2. The summed E-state index contributed by atoms with van der Waals surface area (Å²) < 4.78 is 3.86. The van der Waals surface area contributed by atoms with Crippen LogP contribution in [0.1, 0.15) is 11.4 Å². The van der Waals surface area contributed by atoms with Gasteiger partial charge in [-0.15, -0.1) is 0 Å². The topological polar surface area (TPSA) is 30.2 Å². The summed E-state index contributed by atoms with van der Waals surface area (Å²) in [5, 5.41) is 4.64. The third-order valence-corrected chi connectivity index (χ3v) is 4.22. The van der Waals surface area contributed by atoms with E-state index in [1.807, 2.05) is 48.7 Å². The summed E-state index contributed by atoms with van der Waals surface area (Å²) in [6.45, 7) is 4.03. The van der Waals surface area contributed by atoms with E-state index in [0.717, 1.165) is 37.2 Å². The third kappa shape index (κ3) is 2.21. The lowest BCUT2D eigenvalue weighted by Crippen LogP contribution is -1.97. The molecule has 3 aromatic rings. The summed E-state index contributed by atoms with van der Waals surface area (Å²) in [5.74, 6) is 0. The molecule has 1 aromatic carbocycles. The van der Waals surface area contributed by atoms with E-state index < -0.39 is 0 Å². The van der Waals surface area contributed by atoms with Gasteiger partial charge in [0.25, 0.3) is 0 Å². The van der Waals surface area contributed by atoms with E-state index in [2.05, 4.69) is 41.9 Å². The van der Waals surface area contributed by atoms with Crippen LogP contribution < -0.4 is 0 Å². The van der Waals surface area contributed by atoms with Gasteiger partial charge in [0.1, 0.15) is 5.69 Å². The van der Waals surface area contributed by atoms with E-state index in [4.69, 9.17) is 0 Å². The summed E-state index contributed by atoms with van der Waals surface area (Å²) in [5.41, 5.74) is 4.90. The number of rotatable bonds is 1. The van der Waals surface area contributed by atoms with Crippen LogP contribution in [0.25, 0.3) is 16.9 Å².